The van der Waals surface area contributed by atoms with Gasteiger partial charge in [-0.2, -0.15) is 0 Å². The lowest BCUT2D eigenvalue weighted by molar-refractivity contribution is -0.123. The summed E-state index contributed by atoms with van der Waals surface area (Å²) in [4.78, 5) is 27.0. The molecule has 2 N–H and O–H groups in total. The van der Waals surface area contributed by atoms with Crippen LogP contribution >= 0.6 is 11.6 Å². The average Bonchev–Trinajstić information content (AvgIpc) is 2.70. The van der Waals surface area contributed by atoms with Crippen LogP contribution in [0.1, 0.15) is 19.8 Å². The van der Waals surface area contributed by atoms with Crippen LogP contribution in [0.2, 0.25) is 5.02 Å². The van der Waals surface area contributed by atoms with E-state index in [1.165, 1.54) is 18.2 Å². The predicted molar refractivity (Wildman–Crippen MR) is 109 cm³/mol. The lowest BCUT2D eigenvalue weighted by Gasteiger charge is -2.34. The minimum atomic E-state index is -0.452. The maximum Gasteiger partial charge on any atom is 0.241 e. The zero-order valence-electron chi connectivity index (χ0n) is 15.6. The second-order valence-corrected chi connectivity index (χ2v) is 7.36. The number of anilines is 2. The number of halogens is 2. The van der Waals surface area contributed by atoms with Crippen molar-refractivity contribution in [2.75, 3.05) is 23.7 Å². The lowest BCUT2D eigenvalue weighted by Crippen LogP contribution is -2.47. The molecular weight excluding hydrogens is 381 g/mol. The summed E-state index contributed by atoms with van der Waals surface area (Å²) in [6.07, 6.45) is 1.38. The van der Waals surface area contributed by atoms with Crippen LogP contribution in [0.15, 0.2) is 48.5 Å². The van der Waals surface area contributed by atoms with Crippen molar-refractivity contribution >= 4 is 34.8 Å². The normalized spacial score (nSPS) is 16.4. The summed E-state index contributed by atoms with van der Waals surface area (Å²) < 4.78 is 13.1. The molecule has 2 aromatic carbocycles. The van der Waals surface area contributed by atoms with Gasteiger partial charge in [-0.1, -0.05) is 29.8 Å². The van der Waals surface area contributed by atoms with E-state index in [1.807, 2.05) is 42.2 Å². The number of para-hydroxylation sites is 1. The second-order valence-electron chi connectivity index (χ2n) is 6.95. The van der Waals surface area contributed by atoms with Gasteiger partial charge in [-0.25, -0.2) is 4.39 Å². The van der Waals surface area contributed by atoms with Gasteiger partial charge in [0.05, 0.1) is 16.8 Å². The zero-order chi connectivity index (χ0) is 20.1. The van der Waals surface area contributed by atoms with Crippen LogP contribution in [-0.4, -0.2) is 35.8 Å². The smallest absolute Gasteiger partial charge is 0.241 e. The minimum absolute atomic E-state index is 0.0149. The summed E-state index contributed by atoms with van der Waals surface area (Å²) >= 11 is 5.97. The fraction of sp³-hybridized carbons (Fsp3) is 0.333. The van der Waals surface area contributed by atoms with E-state index in [4.69, 9.17) is 11.6 Å². The van der Waals surface area contributed by atoms with Crippen LogP contribution in [-0.2, 0) is 9.59 Å². The van der Waals surface area contributed by atoms with Crippen molar-refractivity contribution in [3.63, 3.8) is 0 Å². The van der Waals surface area contributed by atoms with E-state index in [2.05, 4.69) is 10.6 Å². The molecule has 0 spiro atoms. The van der Waals surface area contributed by atoms with E-state index in [0.29, 0.717) is 31.6 Å². The molecule has 2 amide bonds. The van der Waals surface area contributed by atoms with Gasteiger partial charge in [0.1, 0.15) is 5.82 Å². The van der Waals surface area contributed by atoms with Gasteiger partial charge in [0.25, 0.3) is 0 Å². The van der Waals surface area contributed by atoms with Crippen molar-refractivity contribution in [2.45, 2.75) is 25.8 Å². The standard InChI is InChI=1S/C21H23ClFN3O2/c1-14(20(27)25-19-8-7-16(23)13-18(19)22)26-11-9-15(10-12-26)21(28)24-17-5-3-2-4-6-17/h2-8,13-15H,9-12H2,1H3,(H,24,28)(H,25,27). The van der Waals surface area contributed by atoms with E-state index in [0.717, 1.165) is 5.69 Å². The Balaban J connectivity index is 1.51. The SMILES string of the molecule is CC(C(=O)Nc1ccc(F)cc1Cl)N1CCC(C(=O)Nc2ccccc2)CC1. The van der Waals surface area contributed by atoms with Crippen LogP contribution in [0.3, 0.4) is 0 Å². The Morgan fingerprint density at radius 2 is 1.79 bits per heavy atom. The first-order chi connectivity index (χ1) is 13.4. The first kappa shape index (κ1) is 20.3. The predicted octanol–water partition coefficient (Wildman–Crippen LogP) is 4.16. The molecule has 1 atom stereocenters. The Hall–Kier alpha value is -2.44. The van der Waals surface area contributed by atoms with Gasteiger partial charge in [0.15, 0.2) is 0 Å². The minimum Gasteiger partial charge on any atom is -0.326 e. The number of nitrogens with zero attached hydrogens (tertiary/aromatic N) is 1. The van der Waals surface area contributed by atoms with Gasteiger partial charge in [-0.05, 0) is 63.2 Å². The number of benzene rings is 2. The van der Waals surface area contributed by atoms with Crippen molar-refractivity contribution in [2.24, 2.45) is 5.92 Å². The fourth-order valence-electron chi connectivity index (χ4n) is 3.31. The Labute approximate surface area is 168 Å². The Bertz CT molecular complexity index is 839. The number of rotatable bonds is 5. The van der Waals surface area contributed by atoms with Crippen LogP contribution in [0.4, 0.5) is 15.8 Å². The van der Waals surface area contributed by atoms with E-state index in [9.17, 15) is 14.0 Å². The van der Waals surface area contributed by atoms with Gasteiger partial charge in [0, 0.05) is 11.6 Å². The molecule has 0 saturated carbocycles. The number of hydrogen-bond donors (Lipinski definition) is 2. The lowest BCUT2D eigenvalue weighted by atomic mass is 9.94. The summed E-state index contributed by atoms with van der Waals surface area (Å²) in [5.41, 5.74) is 1.18. The molecule has 0 aliphatic carbocycles. The molecule has 1 heterocycles. The fourth-order valence-corrected chi connectivity index (χ4v) is 3.52. The van der Waals surface area contributed by atoms with Gasteiger partial charge < -0.3 is 10.6 Å². The molecular formula is C21H23ClFN3O2. The van der Waals surface area contributed by atoms with E-state index < -0.39 is 5.82 Å². The Morgan fingerprint density at radius 3 is 2.43 bits per heavy atom. The van der Waals surface area contributed by atoms with Crippen LogP contribution < -0.4 is 10.6 Å². The average molecular weight is 404 g/mol. The van der Waals surface area contributed by atoms with Crippen LogP contribution in [0.5, 0.6) is 0 Å². The molecule has 0 bridgehead atoms. The zero-order valence-corrected chi connectivity index (χ0v) is 16.4. The van der Waals surface area contributed by atoms with Crippen molar-refractivity contribution in [1.82, 2.24) is 4.90 Å². The number of piperidine rings is 1. The highest BCUT2D eigenvalue weighted by Crippen LogP contribution is 2.24. The maximum atomic E-state index is 13.1. The highest BCUT2D eigenvalue weighted by Gasteiger charge is 2.30. The van der Waals surface area contributed by atoms with Crippen molar-refractivity contribution in [1.29, 1.82) is 0 Å². The molecule has 148 valence electrons. The van der Waals surface area contributed by atoms with Crippen molar-refractivity contribution in [3.05, 3.63) is 59.4 Å². The Morgan fingerprint density at radius 1 is 1.11 bits per heavy atom. The topological polar surface area (TPSA) is 61.4 Å². The van der Waals surface area contributed by atoms with Gasteiger partial charge >= 0.3 is 0 Å². The molecule has 7 heteroatoms. The summed E-state index contributed by atoms with van der Waals surface area (Å²) in [6.45, 7) is 3.12. The molecule has 1 unspecified atom stereocenters. The molecule has 0 aromatic heterocycles. The summed E-state index contributed by atoms with van der Waals surface area (Å²) in [7, 11) is 0. The van der Waals surface area contributed by atoms with Gasteiger partial charge in [-0.3, -0.25) is 14.5 Å². The molecule has 1 fully saturated rings. The monoisotopic (exact) mass is 403 g/mol. The first-order valence-electron chi connectivity index (χ1n) is 9.30. The van der Waals surface area contributed by atoms with E-state index in [1.54, 1.807) is 0 Å². The molecule has 3 rings (SSSR count). The third kappa shape index (κ3) is 5.09. The Kier molecular flexibility index (Phi) is 6.65. The first-order valence-corrected chi connectivity index (χ1v) is 9.67. The molecule has 2 aromatic rings. The highest BCUT2D eigenvalue weighted by molar-refractivity contribution is 6.33. The largest absolute Gasteiger partial charge is 0.326 e. The molecule has 28 heavy (non-hydrogen) atoms. The van der Waals surface area contributed by atoms with Gasteiger partial charge in [0.2, 0.25) is 11.8 Å². The number of carbonyl (C=O) groups is 2. The second kappa shape index (κ2) is 9.17. The van der Waals surface area contributed by atoms with Crippen LogP contribution in [0.25, 0.3) is 0 Å². The molecule has 0 radical (unpaired) electrons. The van der Waals surface area contributed by atoms with Gasteiger partial charge in [-0.15, -0.1) is 0 Å². The van der Waals surface area contributed by atoms with Crippen molar-refractivity contribution < 1.29 is 14.0 Å². The molecule has 1 aliphatic heterocycles. The number of amides is 2. The van der Waals surface area contributed by atoms with E-state index in [-0.39, 0.29) is 28.8 Å². The molecule has 1 aliphatic rings. The number of nitrogens with one attached hydrogen (secondary N) is 2. The third-order valence-electron chi connectivity index (χ3n) is 5.06. The van der Waals surface area contributed by atoms with E-state index >= 15 is 0 Å². The maximum absolute atomic E-state index is 13.1. The molecule has 1 saturated heterocycles. The van der Waals surface area contributed by atoms with Crippen molar-refractivity contribution in [3.8, 4) is 0 Å². The third-order valence-corrected chi connectivity index (χ3v) is 5.37. The number of carbonyl (C=O) groups excluding carboxylic acids is 2. The summed E-state index contributed by atoms with van der Waals surface area (Å²) in [5, 5.41) is 5.85. The van der Waals surface area contributed by atoms with Crippen LogP contribution in [0, 0.1) is 11.7 Å². The highest BCUT2D eigenvalue weighted by atomic mass is 35.5. The summed E-state index contributed by atoms with van der Waals surface area (Å²) in [5.74, 6) is -0.716. The molecule has 5 nitrogen and oxygen atoms in total. The quantitative estimate of drug-likeness (QED) is 0.788. The number of hydrogen-bond acceptors (Lipinski definition) is 3. The number of likely N-dealkylation sites (tertiary alicyclic amines) is 1. The summed E-state index contributed by atoms with van der Waals surface area (Å²) in [6, 6.07) is 12.9.